The highest BCUT2D eigenvalue weighted by molar-refractivity contribution is 5.95. The van der Waals surface area contributed by atoms with Gasteiger partial charge in [0.2, 0.25) is 11.8 Å². The smallest absolute Gasteiger partial charge is 0.246 e. The van der Waals surface area contributed by atoms with E-state index >= 15 is 0 Å². The van der Waals surface area contributed by atoms with Crippen molar-refractivity contribution in [2.24, 2.45) is 11.8 Å². The van der Waals surface area contributed by atoms with Crippen LogP contribution in [0.3, 0.4) is 0 Å². The van der Waals surface area contributed by atoms with Crippen LogP contribution in [0.5, 0.6) is 0 Å². The molecule has 0 spiro atoms. The Labute approximate surface area is 122 Å². The molecule has 1 rings (SSSR count). The molecule has 0 aromatic carbocycles. The van der Waals surface area contributed by atoms with E-state index in [0.717, 1.165) is 6.42 Å². The van der Waals surface area contributed by atoms with Crippen molar-refractivity contribution in [3.8, 4) is 0 Å². The number of carbonyl (C=O) groups excluding carboxylic acids is 2. The van der Waals surface area contributed by atoms with Crippen LogP contribution < -0.4 is 5.32 Å². The molecule has 3 unspecified atom stereocenters. The molecule has 1 saturated heterocycles. The quantitative estimate of drug-likeness (QED) is 0.769. The molecular formula is C15H28N2O3. The van der Waals surface area contributed by atoms with Crippen molar-refractivity contribution in [2.45, 2.75) is 53.1 Å². The number of hydrogen-bond donors (Lipinski definition) is 1. The molecule has 1 aliphatic heterocycles. The van der Waals surface area contributed by atoms with Crippen LogP contribution >= 0.6 is 0 Å². The lowest BCUT2D eigenvalue weighted by Gasteiger charge is -2.41. The molecule has 0 radical (unpaired) electrons. The summed E-state index contributed by atoms with van der Waals surface area (Å²) in [5, 5.41) is 2.83. The summed E-state index contributed by atoms with van der Waals surface area (Å²) < 4.78 is 5.49. The molecule has 2 amide bonds. The van der Waals surface area contributed by atoms with Gasteiger partial charge in [-0.2, -0.15) is 0 Å². The second-order valence-corrected chi connectivity index (χ2v) is 5.87. The normalized spacial score (nSPS) is 22.9. The third kappa shape index (κ3) is 3.95. The topological polar surface area (TPSA) is 58.6 Å². The van der Waals surface area contributed by atoms with Gasteiger partial charge in [0.15, 0.2) is 0 Å². The van der Waals surface area contributed by atoms with E-state index in [4.69, 9.17) is 4.74 Å². The Hall–Kier alpha value is -1.10. The van der Waals surface area contributed by atoms with Crippen LogP contribution in [0.15, 0.2) is 0 Å². The minimum atomic E-state index is -0.399. The maximum atomic E-state index is 12.6. The van der Waals surface area contributed by atoms with Crippen LogP contribution in [-0.4, -0.2) is 48.6 Å². The lowest BCUT2D eigenvalue weighted by Crippen LogP contribution is -2.63. The molecule has 0 aromatic heterocycles. The fourth-order valence-corrected chi connectivity index (χ4v) is 2.48. The first-order valence-corrected chi connectivity index (χ1v) is 7.59. The summed E-state index contributed by atoms with van der Waals surface area (Å²) in [6, 6.07) is -0.441. The van der Waals surface area contributed by atoms with Gasteiger partial charge in [-0.15, -0.1) is 0 Å². The number of carbonyl (C=O) groups is 2. The summed E-state index contributed by atoms with van der Waals surface area (Å²) in [7, 11) is 0. The van der Waals surface area contributed by atoms with Crippen molar-refractivity contribution >= 4 is 11.8 Å². The molecule has 0 bridgehead atoms. The van der Waals surface area contributed by atoms with E-state index in [0.29, 0.717) is 13.2 Å². The van der Waals surface area contributed by atoms with Gasteiger partial charge in [-0.25, -0.2) is 0 Å². The summed E-state index contributed by atoms with van der Waals surface area (Å²) in [5.41, 5.74) is 0. The van der Waals surface area contributed by atoms with Gasteiger partial charge in [0.25, 0.3) is 0 Å². The van der Waals surface area contributed by atoms with Crippen LogP contribution in [0.2, 0.25) is 0 Å². The number of nitrogens with zero attached hydrogens (tertiary/aromatic N) is 1. The fourth-order valence-electron chi connectivity index (χ4n) is 2.48. The van der Waals surface area contributed by atoms with Gasteiger partial charge < -0.3 is 15.0 Å². The summed E-state index contributed by atoms with van der Waals surface area (Å²) in [5.74, 6) is 0.359. The highest BCUT2D eigenvalue weighted by atomic mass is 16.5. The molecule has 1 heterocycles. The van der Waals surface area contributed by atoms with Gasteiger partial charge in [0.05, 0.1) is 19.2 Å². The monoisotopic (exact) mass is 284 g/mol. The van der Waals surface area contributed by atoms with E-state index in [9.17, 15) is 9.59 Å². The molecule has 0 saturated carbocycles. The Bertz CT molecular complexity index is 344. The van der Waals surface area contributed by atoms with Gasteiger partial charge in [-0.05, 0) is 18.8 Å². The second kappa shape index (κ2) is 7.62. The molecule has 3 atom stereocenters. The molecule has 5 nitrogen and oxygen atoms in total. The lowest BCUT2D eigenvalue weighted by molar-refractivity contribution is -0.150. The van der Waals surface area contributed by atoms with Crippen molar-refractivity contribution in [1.29, 1.82) is 0 Å². The van der Waals surface area contributed by atoms with Crippen LogP contribution in [-0.2, 0) is 14.3 Å². The Balaban J connectivity index is 2.89. The zero-order valence-corrected chi connectivity index (χ0v) is 13.3. The highest BCUT2D eigenvalue weighted by Gasteiger charge is 2.39. The van der Waals surface area contributed by atoms with E-state index in [1.807, 2.05) is 20.8 Å². The van der Waals surface area contributed by atoms with Crippen molar-refractivity contribution in [3.63, 3.8) is 0 Å². The largest absolute Gasteiger partial charge is 0.380 e. The second-order valence-electron chi connectivity index (χ2n) is 5.87. The number of ether oxygens (including phenoxy) is 1. The summed E-state index contributed by atoms with van der Waals surface area (Å²) in [4.78, 5) is 26.2. The van der Waals surface area contributed by atoms with E-state index in [1.165, 1.54) is 0 Å². The van der Waals surface area contributed by atoms with E-state index in [2.05, 4.69) is 19.2 Å². The predicted molar refractivity (Wildman–Crippen MR) is 78.2 cm³/mol. The molecule has 0 aromatic rings. The Morgan fingerprint density at radius 1 is 1.30 bits per heavy atom. The molecule has 5 heteroatoms. The van der Waals surface area contributed by atoms with E-state index in [-0.39, 0.29) is 36.2 Å². The minimum Gasteiger partial charge on any atom is -0.380 e. The van der Waals surface area contributed by atoms with Crippen molar-refractivity contribution in [3.05, 3.63) is 0 Å². The van der Waals surface area contributed by atoms with Gasteiger partial charge >= 0.3 is 0 Å². The molecule has 116 valence electrons. The molecule has 1 N–H and O–H groups in total. The van der Waals surface area contributed by atoms with E-state index < -0.39 is 6.04 Å². The van der Waals surface area contributed by atoms with Crippen molar-refractivity contribution in [1.82, 2.24) is 10.2 Å². The molecule has 0 aliphatic carbocycles. The number of amides is 2. The zero-order chi connectivity index (χ0) is 15.3. The Kier molecular flexibility index (Phi) is 6.46. The Morgan fingerprint density at radius 2 is 1.95 bits per heavy atom. The lowest BCUT2D eigenvalue weighted by atomic mass is 9.93. The highest BCUT2D eigenvalue weighted by Crippen LogP contribution is 2.20. The van der Waals surface area contributed by atoms with Gasteiger partial charge in [-0.1, -0.05) is 34.1 Å². The number of rotatable bonds is 7. The fraction of sp³-hybridized carbons (Fsp3) is 0.867. The minimum absolute atomic E-state index is 0.0253. The van der Waals surface area contributed by atoms with Gasteiger partial charge in [0.1, 0.15) is 6.04 Å². The average molecular weight is 284 g/mol. The van der Waals surface area contributed by atoms with Crippen LogP contribution in [0, 0.1) is 11.8 Å². The molecule has 20 heavy (non-hydrogen) atoms. The van der Waals surface area contributed by atoms with Crippen LogP contribution in [0.25, 0.3) is 0 Å². The van der Waals surface area contributed by atoms with Crippen molar-refractivity contribution in [2.75, 3.05) is 19.8 Å². The van der Waals surface area contributed by atoms with Crippen LogP contribution in [0.4, 0.5) is 0 Å². The van der Waals surface area contributed by atoms with Gasteiger partial charge in [0, 0.05) is 6.61 Å². The first kappa shape index (κ1) is 17.0. The first-order chi connectivity index (χ1) is 9.42. The summed E-state index contributed by atoms with van der Waals surface area (Å²) in [6.07, 6.45) is 0.863. The first-order valence-electron chi connectivity index (χ1n) is 7.59. The third-order valence-corrected chi connectivity index (χ3v) is 4.06. The zero-order valence-electron chi connectivity index (χ0n) is 13.3. The molecular weight excluding hydrogens is 256 g/mol. The molecule has 1 aliphatic rings. The maximum Gasteiger partial charge on any atom is 0.246 e. The SMILES string of the molecule is CCOCC(C(C)C)N1CC(=O)NC(C(C)CC)C1=O. The number of hydrogen-bond acceptors (Lipinski definition) is 3. The van der Waals surface area contributed by atoms with Crippen LogP contribution in [0.1, 0.15) is 41.0 Å². The third-order valence-electron chi connectivity index (χ3n) is 4.06. The summed E-state index contributed by atoms with van der Waals surface area (Å²) >= 11 is 0. The maximum absolute atomic E-state index is 12.6. The standard InChI is InChI=1S/C15H28N2O3/c1-6-11(5)14-15(19)17(8-13(18)16-14)12(10(3)4)9-20-7-2/h10-12,14H,6-9H2,1-5H3,(H,16,18). The Morgan fingerprint density at radius 3 is 2.45 bits per heavy atom. The van der Waals surface area contributed by atoms with Gasteiger partial charge in [-0.3, -0.25) is 9.59 Å². The summed E-state index contributed by atoms with van der Waals surface area (Å²) in [6.45, 7) is 11.3. The predicted octanol–water partition coefficient (Wildman–Crippen LogP) is 1.42. The number of nitrogens with one attached hydrogen (secondary N) is 1. The van der Waals surface area contributed by atoms with Crippen molar-refractivity contribution < 1.29 is 14.3 Å². The number of piperazine rings is 1. The average Bonchev–Trinajstić information content (AvgIpc) is 2.41. The van der Waals surface area contributed by atoms with E-state index in [1.54, 1.807) is 4.90 Å². The molecule has 1 fully saturated rings.